The molecule has 0 aliphatic carbocycles. The minimum Gasteiger partial charge on any atom is -0.224 e. The largest absolute Gasteiger partial charge is 0.224 e. The lowest BCUT2D eigenvalue weighted by Crippen LogP contribution is -2.10. The molecule has 0 N–H and O–H groups in total. The number of benzene rings is 2. The lowest BCUT2D eigenvalue weighted by molar-refractivity contribution is 0.607. The molecule has 0 radical (unpaired) electrons. The summed E-state index contributed by atoms with van der Waals surface area (Å²) in [4.78, 5) is 0. The maximum Gasteiger partial charge on any atom is 0.175 e. The molecular formula is C20H20O2S. The van der Waals surface area contributed by atoms with Crippen LogP contribution in [0, 0.1) is 13.8 Å². The first kappa shape index (κ1) is 15.8. The van der Waals surface area contributed by atoms with Crippen LogP contribution in [0.2, 0.25) is 0 Å². The molecule has 1 aliphatic heterocycles. The van der Waals surface area contributed by atoms with Crippen LogP contribution in [0.3, 0.4) is 0 Å². The van der Waals surface area contributed by atoms with Crippen LogP contribution in [-0.4, -0.2) is 14.2 Å². The molecule has 1 heterocycles. The van der Waals surface area contributed by atoms with E-state index in [1.807, 2.05) is 19.9 Å². The fourth-order valence-electron chi connectivity index (χ4n) is 2.76. The molecule has 2 aromatic rings. The van der Waals surface area contributed by atoms with E-state index in [0.717, 1.165) is 22.3 Å². The average Bonchev–Trinajstić information content (AvgIpc) is 2.50. The summed E-state index contributed by atoms with van der Waals surface area (Å²) >= 11 is 0. The molecule has 0 atom stereocenters. The molecule has 0 fully saturated rings. The smallest absolute Gasteiger partial charge is 0.175 e. The molecule has 3 rings (SSSR count). The van der Waals surface area contributed by atoms with Gasteiger partial charge >= 0.3 is 0 Å². The first-order valence-corrected chi connectivity index (χ1v) is 9.41. The van der Waals surface area contributed by atoms with E-state index in [-0.39, 0.29) is 5.75 Å². The second-order valence-electron chi connectivity index (χ2n) is 6.12. The monoisotopic (exact) mass is 324 g/mol. The Balaban J connectivity index is 1.98. The molecule has 118 valence electrons. The van der Waals surface area contributed by atoms with Crippen molar-refractivity contribution in [1.29, 1.82) is 0 Å². The van der Waals surface area contributed by atoms with Crippen LogP contribution < -0.4 is 0 Å². The molecule has 2 nitrogen and oxygen atoms in total. The minimum absolute atomic E-state index is 0.0770. The zero-order valence-corrected chi connectivity index (χ0v) is 14.2. The molecule has 23 heavy (non-hydrogen) atoms. The number of hydrogen-bond acceptors (Lipinski definition) is 2. The predicted octanol–water partition coefficient (Wildman–Crippen LogP) is 4.24. The molecule has 2 aromatic carbocycles. The predicted molar refractivity (Wildman–Crippen MR) is 95.9 cm³/mol. The van der Waals surface area contributed by atoms with E-state index < -0.39 is 9.84 Å². The maximum absolute atomic E-state index is 12.0. The highest BCUT2D eigenvalue weighted by Crippen LogP contribution is 2.30. The van der Waals surface area contributed by atoms with E-state index in [9.17, 15) is 8.42 Å². The summed E-state index contributed by atoms with van der Waals surface area (Å²) in [5.41, 5.74) is 6.49. The Kier molecular flexibility index (Phi) is 4.22. The van der Waals surface area contributed by atoms with Crippen molar-refractivity contribution in [1.82, 2.24) is 0 Å². The highest BCUT2D eigenvalue weighted by Gasteiger charge is 2.19. The zero-order chi connectivity index (χ0) is 16.4. The lowest BCUT2D eigenvalue weighted by Gasteiger charge is -2.17. The molecule has 0 saturated carbocycles. The Morgan fingerprint density at radius 2 is 1.43 bits per heavy atom. The molecule has 0 amide bonds. The van der Waals surface area contributed by atoms with Gasteiger partial charge in [-0.05, 0) is 42.5 Å². The summed E-state index contributed by atoms with van der Waals surface area (Å²) in [6, 6.07) is 16.5. The second kappa shape index (κ2) is 6.17. The van der Waals surface area contributed by atoms with Crippen molar-refractivity contribution >= 4 is 15.4 Å². The van der Waals surface area contributed by atoms with Gasteiger partial charge in [-0.25, -0.2) is 8.42 Å². The number of aryl methyl sites for hydroxylation is 2. The summed E-state index contributed by atoms with van der Waals surface area (Å²) in [6.45, 7) is 4.10. The van der Waals surface area contributed by atoms with E-state index in [4.69, 9.17) is 0 Å². The molecule has 0 saturated heterocycles. The van der Waals surface area contributed by atoms with Gasteiger partial charge in [0.15, 0.2) is 9.84 Å². The number of rotatable bonds is 3. The van der Waals surface area contributed by atoms with Crippen LogP contribution in [0.25, 0.3) is 5.57 Å². The van der Waals surface area contributed by atoms with Gasteiger partial charge in [0.25, 0.3) is 0 Å². The molecule has 0 bridgehead atoms. The van der Waals surface area contributed by atoms with Gasteiger partial charge in [-0.1, -0.05) is 65.7 Å². The summed E-state index contributed by atoms with van der Waals surface area (Å²) in [5.74, 6) is 0.0770. The third-order valence-corrected chi connectivity index (χ3v) is 5.34. The maximum atomic E-state index is 12.0. The van der Waals surface area contributed by atoms with E-state index >= 15 is 0 Å². The lowest BCUT2D eigenvalue weighted by atomic mass is 9.93. The van der Waals surface area contributed by atoms with Gasteiger partial charge in [-0.3, -0.25) is 0 Å². The highest BCUT2D eigenvalue weighted by atomic mass is 32.2. The highest BCUT2D eigenvalue weighted by molar-refractivity contribution is 7.94. The third-order valence-electron chi connectivity index (χ3n) is 4.07. The topological polar surface area (TPSA) is 34.1 Å². The minimum atomic E-state index is -3.15. The van der Waals surface area contributed by atoms with Gasteiger partial charge in [-0.2, -0.15) is 0 Å². The summed E-state index contributed by atoms with van der Waals surface area (Å²) in [6.07, 6.45) is 2.46. The Morgan fingerprint density at radius 3 is 2.04 bits per heavy atom. The van der Waals surface area contributed by atoms with Gasteiger partial charge in [0.05, 0.1) is 5.75 Å². The molecule has 0 spiro atoms. The number of hydrogen-bond donors (Lipinski definition) is 0. The molecular weight excluding hydrogens is 304 g/mol. The van der Waals surface area contributed by atoms with E-state index in [1.54, 1.807) is 0 Å². The fraction of sp³-hybridized carbons (Fsp3) is 0.200. The van der Waals surface area contributed by atoms with Crippen LogP contribution in [0.4, 0.5) is 0 Å². The van der Waals surface area contributed by atoms with Crippen molar-refractivity contribution in [3.8, 4) is 0 Å². The summed E-state index contributed by atoms with van der Waals surface area (Å²) < 4.78 is 24.0. The van der Waals surface area contributed by atoms with Crippen molar-refractivity contribution < 1.29 is 8.42 Å². The molecule has 3 heteroatoms. The van der Waals surface area contributed by atoms with Crippen molar-refractivity contribution in [2.45, 2.75) is 20.3 Å². The first-order valence-electron chi connectivity index (χ1n) is 7.69. The van der Waals surface area contributed by atoms with E-state index in [2.05, 4.69) is 48.5 Å². The van der Waals surface area contributed by atoms with Gasteiger partial charge < -0.3 is 0 Å². The Bertz CT molecular complexity index is 868. The SMILES string of the molecule is Cc1ccc(CC2=CS(=O)(=O)CC=C2c2ccc(C)cc2)cc1. The van der Waals surface area contributed by atoms with Crippen molar-refractivity contribution in [2.75, 3.05) is 5.75 Å². The molecule has 0 unspecified atom stereocenters. The Hall–Kier alpha value is -2.13. The van der Waals surface area contributed by atoms with Gasteiger partial charge in [0.1, 0.15) is 0 Å². The number of allylic oxidation sites excluding steroid dienone is 2. The average molecular weight is 324 g/mol. The van der Waals surface area contributed by atoms with Crippen LogP contribution in [0.5, 0.6) is 0 Å². The molecule has 0 aromatic heterocycles. The van der Waals surface area contributed by atoms with Crippen molar-refractivity contribution in [3.05, 3.63) is 87.8 Å². The summed E-state index contributed by atoms with van der Waals surface area (Å²) in [5, 5.41) is 1.45. The Morgan fingerprint density at radius 1 is 0.870 bits per heavy atom. The van der Waals surface area contributed by atoms with Crippen LogP contribution >= 0.6 is 0 Å². The van der Waals surface area contributed by atoms with E-state index in [0.29, 0.717) is 6.42 Å². The van der Waals surface area contributed by atoms with Crippen LogP contribution in [0.15, 0.2) is 65.6 Å². The summed E-state index contributed by atoms with van der Waals surface area (Å²) in [7, 11) is -3.15. The quantitative estimate of drug-likeness (QED) is 0.846. The number of sulfone groups is 1. The van der Waals surface area contributed by atoms with Gasteiger partial charge in [0, 0.05) is 5.41 Å². The van der Waals surface area contributed by atoms with Crippen molar-refractivity contribution in [3.63, 3.8) is 0 Å². The normalized spacial score (nSPS) is 16.6. The molecule has 1 aliphatic rings. The van der Waals surface area contributed by atoms with Crippen molar-refractivity contribution in [2.24, 2.45) is 0 Å². The standard InChI is InChI=1S/C20H20O2S/c1-15-3-7-17(8-4-15)13-19-14-23(21,22)12-11-20(19)18-9-5-16(2)6-10-18/h3-11,14H,12-13H2,1-2H3. The van der Waals surface area contributed by atoms with Crippen LogP contribution in [0.1, 0.15) is 22.3 Å². The fourth-order valence-corrected chi connectivity index (χ4v) is 3.90. The first-order chi connectivity index (χ1) is 10.9. The third kappa shape index (κ3) is 3.80. The van der Waals surface area contributed by atoms with E-state index in [1.165, 1.54) is 16.5 Å². The van der Waals surface area contributed by atoms with Gasteiger partial charge in [-0.15, -0.1) is 0 Å². The Labute approximate surface area is 138 Å². The van der Waals surface area contributed by atoms with Crippen LogP contribution in [-0.2, 0) is 16.3 Å². The second-order valence-corrected chi connectivity index (χ2v) is 8.01. The van der Waals surface area contributed by atoms with Gasteiger partial charge in [0.2, 0.25) is 0 Å². The zero-order valence-electron chi connectivity index (χ0n) is 13.4.